The normalized spacial score (nSPS) is 18.7. The zero-order valence-electron chi connectivity index (χ0n) is 18.3. The molecule has 0 aromatic carbocycles. The largest absolute Gasteiger partial charge is 0.525 e. The van der Waals surface area contributed by atoms with Crippen molar-refractivity contribution in [1.82, 2.24) is 19.7 Å². The Balaban J connectivity index is 1.51. The summed E-state index contributed by atoms with van der Waals surface area (Å²) in [6, 6.07) is 6.81. The summed E-state index contributed by atoms with van der Waals surface area (Å²) in [6.07, 6.45) is 6.36. The predicted octanol–water partition coefficient (Wildman–Crippen LogP) is 2.23. The highest BCUT2D eigenvalue weighted by Gasteiger charge is 2.39. The number of fused-ring (bicyclic) bond motifs is 1. The van der Waals surface area contributed by atoms with Gasteiger partial charge in [0.2, 0.25) is 0 Å². The zero-order valence-corrected chi connectivity index (χ0v) is 19.0. The minimum absolute atomic E-state index is 0.183. The topological polar surface area (TPSA) is 98.9 Å². The van der Waals surface area contributed by atoms with Gasteiger partial charge in [-0.15, -0.1) is 0 Å². The van der Waals surface area contributed by atoms with E-state index in [1.165, 1.54) is 0 Å². The first kappa shape index (κ1) is 22.0. The van der Waals surface area contributed by atoms with E-state index in [2.05, 4.69) is 30.9 Å². The maximum atomic E-state index is 13.0. The van der Waals surface area contributed by atoms with E-state index >= 15 is 0 Å². The van der Waals surface area contributed by atoms with Gasteiger partial charge in [0.1, 0.15) is 5.15 Å². The number of nitrogens with zero attached hydrogens (tertiary/aromatic N) is 5. The monoisotopic (exact) mass is 465 g/mol. The highest BCUT2D eigenvalue weighted by Crippen LogP contribution is 2.33. The molecule has 1 unspecified atom stereocenters. The molecule has 0 aliphatic carbocycles. The Labute approximate surface area is 196 Å². The number of anilines is 1. The van der Waals surface area contributed by atoms with Crippen LogP contribution in [-0.4, -0.2) is 60.6 Å². The fraction of sp³-hybridized carbons (Fsp3) is 0.368. The molecule has 0 saturated carbocycles. The van der Waals surface area contributed by atoms with Crippen molar-refractivity contribution in [3.05, 3.63) is 56.6 Å². The molecule has 33 heavy (non-hydrogen) atoms. The number of hydrogen-bond acceptors (Lipinski definition) is 7. The molecule has 0 bridgehead atoms. The van der Waals surface area contributed by atoms with E-state index < -0.39 is 21.4 Å². The molecule has 2 aliphatic heterocycles. The van der Waals surface area contributed by atoms with Crippen LogP contribution in [-0.2, 0) is 13.7 Å². The molecule has 2 fully saturated rings. The fourth-order valence-corrected chi connectivity index (χ4v) is 4.48. The fourth-order valence-electron chi connectivity index (χ4n) is 4.32. The number of pyridine rings is 2. The van der Waals surface area contributed by atoms with Gasteiger partial charge in [-0.2, -0.15) is 5.10 Å². The number of rotatable bonds is 3. The van der Waals surface area contributed by atoms with Gasteiger partial charge in [0, 0.05) is 30.9 Å². The van der Waals surface area contributed by atoms with Crippen LogP contribution in [0.3, 0.4) is 0 Å². The van der Waals surface area contributed by atoms with Gasteiger partial charge in [-0.05, 0) is 32.2 Å². The molecule has 3 aromatic heterocycles. The molecule has 2 saturated heterocycles. The Morgan fingerprint density at radius 3 is 2.91 bits per heavy atom. The number of aromatic amines is 1. The van der Waals surface area contributed by atoms with Gasteiger partial charge < -0.3 is 23.6 Å². The third kappa shape index (κ3) is 4.65. The summed E-state index contributed by atoms with van der Waals surface area (Å²) in [7, 11) is -1.37. The number of aromatic nitrogens is 4. The lowest BCUT2D eigenvalue weighted by atomic mass is 9.72. The second-order valence-electron chi connectivity index (χ2n) is 8.03. The Hall–Kier alpha value is -2.78. The van der Waals surface area contributed by atoms with Crippen LogP contribution in [0.2, 0.25) is 18.8 Å². The molecule has 5 rings (SSSR count). The van der Waals surface area contributed by atoms with Crippen molar-refractivity contribution in [3.63, 3.8) is 0 Å². The average molecular weight is 465 g/mol. The van der Waals surface area contributed by atoms with E-state index in [-0.39, 0.29) is 18.0 Å². The van der Waals surface area contributed by atoms with Crippen molar-refractivity contribution < 1.29 is 13.7 Å². The Kier molecular flexibility index (Phi) is 6.16. The molecular weight excluding hydrogens is 444 g/mol. The molecule has 5 heterocycles. The van der Waals surface area contributed by atoms with Crippen LogP contribution >= 0.6 is 11.6 Å². The molecule has 14 heteroatoms. The number of halogens is 1. The van der Waals surface area contributed by atoms with Crippen molar-refractivity contribution in [3.8, 4) is 6.07 Å². The van der Waals surface area contributed by atoms with Gasteiger partial charge in [0.05, 0.1) is 23.4 Å². The van der Waals surface area contributed by atoms with Gasteiger partial charge in [-0.3, -0.25) is 9.48 Å². The maximum absolute atomic E-state index is 13.0. The summed E-state index contributed by atoms with van der Waals surface area (Å²) in [5.41, 5.74) is 1.36. The summed E-state index contributed by atoms with van der Waals surface area (Å²) in [5.74, 6) is 0. The quantitative estimate of drug-likeness (QED) is 0.468. The van der Waals surface area contributed by atoms with Gasteiger partial charge in [-0.25, -0.2) is 4.98 Å². The van der Waals surface area contributed by atoms with Gasteiger partial charge >= 0.3 is 27.4 Å². The predicted molar refractivity (Wildman–Crippen MR) is 129 cm³/mol. The van der Waals surface area contributed by atoms with E-state index in [0.717, 1.165) is 24.0 Å². The first-order chi connectivity index (χ1) is 16.0. The van der Waals surface area contributed by atoms with Crippen LogP contribution in [0.4, 0.5) is 5.69 Å². The smallest absolute Gasteiger partial charge is 0.453 e. The van der Waals surface area contributed by atoms with Crippen LogP contribution in [0, 0.1) is 6.07 Å². The Morgan fingerprint density at radius 2 is 2.15 bits per heavy atom. The van der Waals surface area contributed by atoms with Gasteiger partial charge in [0.15, 0.2) is 5.56 Å². The molecule has 166 valence electrons. The first-order valence-electron chi connectivity index (χ1n) is 10.8. The molecular formula is C19H21B3ClN6O4+. The molecule has 0 amide bonds. The van der Waals surface area contributed by atoms with Crippen LogP contribution in [0.5, 0.6) is 0 Å². The van der Waals surface area contributed by atoms with Crippen LogP contribution in [0.1, 0.15) is 18.0 Å². The SMILES string of the molecule is CB1OB(C)OB(C[N+]#Cc2c(N3CCC(n4cccn4)C3)c3cc(Cl)ncc3[nH]c2=O)O1. The maximum Gasteiger partial charge on any atom is 0.525 e. The lowest BCUT2D eigenvalue weighted by Gasteiger charge is -2.24. The van der Waals surface area contributed by atoms with Crippen molar-refractivity contribution in [1.29, 1.82) is 0 Å². The van der Waals surface area contributed by atoms with Crippen LogP contribution < -0.4 is 10.5 Å². The lowest BCUT2D eigenvalue weighted by Crippen LogP contribution is -2.47. The van der Waals surface area contributed by atoms with Crippen LogP contribution in [0.15, 0.2) is 35.5 Å². The van der Waals surface area contributed by atoms with E-state index in [0.29, 0.717) is 22.8 Å². The highest BCUT2D eigenvalue weighted by molar-refractivity contribution is 6.73. The summed E-state index contributed by atoms with van der Waals surface area (Å²) in [4.78, 5) is 26.5. The molecule has 3 aromatic rings. The van der Waals surface area contributed by atoms with E-state index in [1.54, 1.807) is 32.1 Å². The second-order valence-corrected chi connectivity index (χ2v) is 8.42. The lowest BCUT2D eigenvalue weighted by molar-refractivity contribution is 0.292. The van der Waals surface area contributed by atoms with Crippen molar-refractivity contribution in [2.45, 2.75) is 26.1 Å². The highest BCUT2D eigenvalue weighted by atomic mass is 35.5. The summed E-state index contributed by atoms with van der Waals surface area (Å²) in [6.45, 7) is 5.04. The van der Waals surface area contributed by atoms with Gasteiger partial charge in [0.25, 0.3) is 12.0 Å². The molecule has 2 aliphatic rings. The van der Waals surface area contributed by atoms with Crippen LogP contribution in [0.25, 0.3) is 15.7 Å². The van der Waals surface area contributed by atoms with E-state index in [1.807, 2.05) is 16.9 Å². The molecule has 1 atom stereocenters. The van der Waals surface area contributed by atoms with Crippen molar-refractivity contribution in [2.75, 3.05) is 24.4 Å². The van der Waals surface area contributed by atoms with Crippen molar-refractivity contribution in [2.24, 2.45) is 0 Å². The molecule has 0 radical (unpaired) electrons. The summed E-state index contributed by atoms with van der Waals surface area (Å²) < 4.78 is 18.5. The van der Waals surface area contributed by atoms with E-state index in [4.69, 9.17) is 25.3 Å². The minimum Gasteiger partial charge on any atom is -0.453 e. The first-order valence-corrected chi connectivity index (χ1v) is 11.2. The third-order valence-corrected chi connectivity index (χ3v) is 5.92. The van der Waals surface area contributed by atoms with Gasteiger partial charge in [-0.1, -0.05) is 16.4 Å². The zero-order chi connectivity index (χ0) is 22.9. The number of nitrogens with one attached hydrogen (secondary N) is 1. The number of hydrogen-bond donors (Lipinski definition) is 1. The third-order valence-electron chi connectivity index (χ3n) is 5.72. The Morgan fingerprint density at radius 1 is 1.33 bits per heavy atom. The molecule has 1 N–H and O–H groups in total. The van der Waals surface area contributed by atoms with E-state index in [9.17, 15) is 4.79 Å². The summed E-state index contributed by atoms with van der Waals surface area (Å²) in [5, 5.41) is 5.50. The Bertz CT molecular complexity index is 1270. The summed E-state index contributed by atoms with van der Waals surface area (Å²) >= 11 is 6.21. The standard InChI is InChI=1S/C19H20B3ClN6O4/c1-20-31-21(2)33-22(32-20)12-24-9-15-18(14-8-17(23)25-10-16(14)27-19(15)30)28-7-4-13(11-28)29-6-3-5-26-29/h3,5-6,8,10,13H,4,7,11-12H2,1-2H3/p+1. The minimum atomic E-state index is -0.575. The second kappa shape index (κ2) is 9.23. The average Bonchev–Trinajstić information content (AvgIpc) is 3.45. The van der Waals surface area contributed by atoms with Crippen molar-refractivity contribution >= 4 is 49.5 Å². The molecule has 10 nitrogen and oxygen atoms in total. The number of H-pyrrole nitrogens is 1. The molecule has 0 spiro atoms.